The maximum atomic E-state index is 9.72. The topological polar surface area (TPSA) is 69.5 Å². The van der Waals surface area contributed by atoms with Crippen LogP contribution in [0.5, 0.6) is 11.5 Å². The lowest BCUT2D eigenvalue weighted by Crippen LogP contribution is -2.09. The molecule has 1 N–H and O–H groups in total. The summed E-state index contributed by atoms with van der Waals surface area (Å²) in [5.41, 5.74) is 1.05. The summed E-state index contributed by atoms with van der Waals surface area (Å²) in [7, 11) is 3.20. The van der Waals surface area contributed by atoms with Crippen molar-refractivity contribution in [1.82, 2.24) is 0 Å². The van der Waals surface area contributed by atoms with Gasteiger partial charge >= 0.3 is 0 Å². The van der Waals surface area contributed by atoms with E-state index in [1.165, 1.54) is 0 Å². The smallest absolute Gasteiger partial charge is 0.163 e. The van der Waals surface area contributed by atoms with Crippen molar-refractivity contribution in [2.24, 2.45) is 4.99 Å². The molecule has 0 atom stereocenters. The van der Waals surface area contributed by atoms with E-state index in [1.807, 2.05) is 0 Å². The van der Waals surface area contributed by atoms with Gasteiger partial charge in [0.15, 0.2) is 11.5 Å². The third-order valence-electron chi connectivity index (χ3n) is 2.73. The molecule has 6 heteroatoms. The largest absolute Gasteiger partial charge is 0.508 e. The van der Waals surface area contributed by atoms with Crippen molar-refractivity contribution < 1.29 is 24.1 Å². The van der Waals surface area contributed by atoms with Gasteiger partial charge < -0.3 is 24.1 Å². The van der Waals surface area contributed by atoms with Crippen LogP contribution in [0.3, 0.4) is 0 Å². The van der Waals surface area contributed by atoms with Crippen LogP contribution in [0.15, 0.2) is 23.7 Å². The van der Waals surface area contributed by atoms with E-state index in [-0.39, 0.29) is 5.76 Å². The molecule has 0 spiro atoms. The molecule has 122 valence electrons. The lowest BCUT2D eigenvalue weighted by atomic mass is 10.1. The normalized spacial score (nSPS) is 10.9. The predicted octanol–water partition coefficient (Wildman–Crippen LogP) is 2.99. The van der Waals surface area contributed by atoms with Gasteiger partial charge in [0, 0.05) is 32.1 Å². The molecule has 0 amide bonds. The molecule has 0 bridgehead atoms. The first-order valence-corrected chi connectivity index (χ1v) is 6.92. The van der Waals surface area contributed by atoms with Crippen LogP contribution < -0.4 is 9.47 Å². The molecule has 0 radical (unpaired) electrons. The summed E-state index contributed by atoms with van der Waals surface area (Å²) in [5, 5.41) is 9.72. The van der Waals surface area contributed by atoms with Crippen molar-refractivity contribution in [3.63, 3.8) is 0 Å². The number of hydrogen-bond donors (Lipinski definition) is 1. The fraction of sp³-hybridized carbons (Fsp3) is 0.438. The second-order valence-corrected chi connectivity index (χ2v) is 4.33. The minimum atomic E-state index is -0.0827. The van der Waals surface area contributed by atoms with Gasteiger partial charge in [-0.15, -0.1) is 0 Å². The highest BCUT2D eigenvalue weighted by Gasteiger charge is 2.14. The molecule has 1 aromatic carbocycles. The molecule has 6 nitrogen and oxygen atoms in total. The third kappa shape index (κ3) is 5.38. The quantitative estimate of drug-likeness (QED) is 0.409. The minimum Gasteiger partial charge on any atom is -0.508 e. The second kappa shape index (κ2) is 9.81. The van der Waals surface area contributed by atoms with Crippen LogP contribution in [0.2, 0.25) is 0 Å². The molecule has 0 saturated carbocycles. The van der Waals surface area contributed by atoms with Crippen molar-refractivity contribution in [3.05, 3.63) is 24.3 Å². The number of benzene rings is 1. The van der Waals surface area contributed by atoms with Crippen LogP contribution in [0.1, 0.15) is 12.5 Å². The van der Waals surface area contributed by atoms with E-state index < -0.39 is 0 Å². The van der Waals surface area contributed by atoms with Gasteiger partial charge in [0.2, 0.25) is 0 Å². The molecule has 1 rings (SSSR count). The minimum absolute atomic E-state index is 0.0827. The highest BCUT2D eigenvalue weighted by atomic mass is 16.5. The van der Waals surface area contributed by atoms with Gasteiger partial charge in [-0.1, -0.05) is 6.58 Å². The number of hydrogen-bond acceptors (Lipinski definition) is 6. The number of nitrogens with zero attached hydrogens (tertiary/aromatic N) is 1. The van der Waals surface area contributed by atoms with Gasteiger partial charge in [-0.2, -0.15) is 0 Å². The van der Waals surface area contributed by atoms with Gasteiger partial charge in [-0.3, -0.25) is 4.99 Å². The maximum Gasteiger partial charge on any atom is 0.163 e. The first kappa shape index (κ1) is 18.0. The van der Waals surface area contributed by atoms with Crippen LogP contribution in [-0.4, -0.2) is 52.0 Å². The van der Waals surface area contributed by atoms with Crippen molar-refractivity contribution in [3.8, 4) is 11.5 Å². The van der Waals surface area contributed by atoms with Crippen molar-refractivity contribution in [1.29, 1.82) is 0 Å². The fourth-order valence-electron chi connectivity index (χ4n) is 1.72. The fourth-order valence-corrected chi connectivity index (χ4v) is 1.72. The van der Waals surface area contributed by atoms with E-state index in [1.54, 1.807) is 39.5 Å². The van der Waals surface area contributed by atoms with Crippen LogP contribution >= 0.6 is 0 Å². The molecule has 0 aliphatic heterocycles. The first-order valence-electron chi connectivity index (χ1n) is 6.92. The van der Waals surface area contributed by atoms with E-state index in [9.17, 15) is 5.11 Å². The summed E-state index contributed by atoms with van der Waals surface area (Å²) >= 11 is 0. The van der Waals surface area contributed by atoms with E-state index >= 15 is 0 Å². The molecule has 0 heterocycles. The van der Waals surface area contributed by atoms with Crippen molar-refractivity contribution >= 4 is 17.7 Å². The third-order valence-corrected chi connectivity index (χ3v) is 2.73. The van der Waals surface area contributed by atoms with Gasteiger partial charge in [0.05, 0.1) is 18.9 Å². The number of aliphatic hydroxyl groups excluding tert-OH is 1. The van der Waals surface area contributed by atoms with Gasteiger partial charge in [0.25, 0.3) is 0 Å². The molecule has 0 aliphatic rings. The second-order valence-electron chi connectivity index (χ2n) is 4.33. The summed E-state index contributed by atoms with van der Waals surface area (Å²) in [6, 6.07) is 3.36. The highest BCUT2D eigenvalue weighted by molar-refractivity contribution is 5.75. The Kier molecular flexibility index (Phi) is 8.03. The Labute approximate surface area is 131 Å². The first-order chi connectivity index (χ1) is 10.6. The number of aliphatic imine (C=N–C) groups is 1. The average Bonchev–Trinajstić information content (AvgIpc) is 2.49. The average molecular weight is 309 g/mol. The molecule has 0 fully saturated rings. The highest BCUT2D eigenvalue weighted by Crippen LogP contribution is 2.37. The number of ether oxygens (including phenoxy) is 4. The van der Waals surface area contributed by atoms with Crippen LogP contribution in [0, 0.1) is 0 Å². The summed E-state index contributed by atoms with van der Waals surface area (Å²) in [4.78, 5) is 4.22. The van der Waals surface area contributed by atoms with E-state index in [0.29, 0.717) is 49.2 Å². The Morgan fingerprint density at radius 2 is 1.64 bits per heavy atom. The SMILES string of the molecule is C=C(O)c1cc(OCCOC)c(OCCOC)cc1N=CC. The number of methoxy groups -OCH3 is 2. The number of rotatable bonds is 10. The zero-order valence-electron chi connectivity index (χ0n) is 13.3. The monoisotopic (exact) mass is 309 g/mol. The molecular formula is C16H23NO5. The van der Waals surface area contributed by atoms with E-state index in [0.717, 1.165) is 0 Å². The molecule has 1 aromatic rings. The Morgan fingerprint density at radius 1 is 1.09 bits per heavy atom. The van der Waals surface area contributed by atoms with Gasteiger partial charge in [-0.05, 0) is 13.0 Å². The lowest BCUT2D eigenvalue weighted by Gasteiger charge is -2.15. The molecule has 0 unspecified atom stereocenters. The molecule has 0 aliphatic carbocycles. The molecular weight excluding hydrogens is 286 g/mol. The Balaban J connectivity index is 3.11. The maximum absolute atomic E-state index is 9.72. The zero-order valence-corrected chi connectivity index (χ0v) is 13.3. The van der Waals surface area contributed by atoms with Crippen molar-refractivity contribution in [2.75, 3.05) is 40.6 Å². The van der Waals surface area contributed by atoms with E-state index in [4.69, 9.17) is 18.9 Å². The summed E-state index contributed by atoms with van der Waals surface area (Å²) in [5.74, 6) is 0.938. The standard InChI is InChI=1S/C16H23NO5/c1-5-17-14-11-16(22-9-7-20-4)15(21-8-6-19-3)10-13(14)12(2)18/h5,10-11,18H,2,6-9H2,1,3-4H3. The molecule has 0 aromatic heterocycles. The van der Waals surface area contributed by atoms with Gasteiger partial charge in [0.1, 0.15) is 19.0 Å². The van der Waals surface area contributed by atoms with E-state index in [2.05, 4.69) is 11.6 Å². The Morgan fingerprint density at radius 3 is 2.09 bits per heavy atom. The number of aliphatic hydroxyl groups is 1. The van der Waals surface area contributed by atoms with Gasteiger partial charge in [-0.25, -0.2) is 0 Å². The lowest BCUT2D eigenvalue weighted by molar-refractivity contribution is 0.132. The molecule has 0 saturated heterocycles. The predicted molar refractivity (Wildman–Crippen MR) is 86.7 cm³/mol. The zero-order chi connectivity index (χ0) is 16.4. The van der Waals surface area contributed by atoms with Crippen molar-refractivity contribution in [2.45, 2.75) is 6.92 Å². The summed E-state index contributed by atoms with van der Waals surface area (Å²) < 4.78 is 21.2. The Bertz CT molecular complexity index is 514. The van der Waals surface area contributed by atoms with Crippen LogP contribution in [0.4, 0.5) is 5.69 Å². The molecule has 22 heavy (non-hydrogen) atoms. The summed E-state index contributed by atoms with van der Waals surface area (Å²) in [6.45, 7) is 6.99. The Hall–Kier alpha value is -2.05. The van der Waals surface area contributed by atoms with Crippen LogP contribution in [0.25, 0.3) is 5.76 Å². The van der Waals surface area contributed by atoms with Crippen LogP contribution in [-0.2, 0) is 9.47 Å². The summed E-state index contributed by atoms with van der Waals surface area (Å²) in [6.07, 6.45) is 1.63.